The highest BCUT2D eigenvalue weighted by atomic mass is 35.5. The Kier molecular flexibility index (Phi) is 8.59. The van der Waals surface area contributed by atoms with Gasteiger partial charge in [-0.1, -0.05) is 44.2 Å². The Bertz CT molecular complexity index is 358. The van der Waals surface area contributed by atoms with Crippen LogP contribution >= 0.6 is 11.6 Å². The third-order valence-electron chi connectivity index (χ3n) is 3.01. The van der Waals surface area contributed by atoms with Gasteiger partial charge in [-0.05, 0) is 31.2 Å². The lowest BCUT2D eigenvalue weighted by atomic mass is 10.1. The van der Waals surface area contributed by atoms with Crippen molar-refractivity contribution in [2.75, 3.05) is 25.0 Å². The number of hydrogen-bond acceptors (Lipinski definition) is 2. The number of benzene rings is 1. The zero-order chi connectivity index (χ0) is 13.9. The van der Waals surface area contributed by atoms with E-state index in [0.29, 0.717) is 0 Å². The molecule has 0 spiro atoms. The summed E-state index contributed by atoms with van der Waals surface area (Å²) in [6.07, 6.45) is 6.51. The molecule has 0 fully saturated rings. The molecule has 0 radical (unpaired) electrons. The molecule has 0 saturated carbocycles. The van der Waals surface area contributed by atoms with Crippen LogP contribution in [-0.2, 0) is 0 Å². The first-order valence-electron chi connectivity index (χ1n) is 7.13. The van der Waals surface area contributed by atoms with Crippen LogP contribution in [0.4, 0.5) is 10.1 Å². The van der Waals surface area contributed by atoms with Gasteiger partial charge in [0, 0.05) is 18.8 Å². The van der Waals surface area contributed by atoms with Crippen molar-refractivity contribution in [3.63, 3.8) is 0 Å². The Morgan fingerprint density at radius 1 is 1.05 bits per heavy atom. The highest BCUT2D eigenvalue weighted by Gasteiger charge is 1.99. The highest BCUT2D eigenvalue weighted by Crippen LogP contribution is 2.18. The van der Waals surface area contributed by atoms with Crippen molar-refractivity contribution >= 4 is 17.3 Å². The van der Waals surface area contributed by atoms with Crippen molar-refractivity contribution < 1.29 is 4.39 Å². The molecule has 0 unspecified atom stereocenters. The average Bonchev–Trinajstić information content (AvgIpc) is 2.41. The van der Waals surface area contributed by atoms with Crippen molar-refractivity contribution in [3.8, 4) is 0 Å². The predicted octanol–water partition coefficient (Wildman–Crippen LogP) is 4.45. The lowest BCUT2D eigenvalue weighted by Crippen LogP contribution is -2.23. The van der Waals surface area contributed by atoms with Crippen LogP contribution < -0.4 is 10.6 Å². The van der Waals surface area contributed by atoms with Gasteiger partial charge in [0.05, 0.1) is 5.02 Å². The van der Waals surface area contributed by atoms with Gasteiger partial charge >= 0.3 is 0 Å². The lowest BCUT2D eigenvalue weighted by Gasteiger charge is -2.08. The van der Waals surface area contributed by atoms with Gasteiger partial charge in [0.25, 0.3) is 0 Å². The number of hydrogen-bond donors (Lipinski definition) is 2. The fraction of sp³-hybridized carbons (Fsp3) is 0.600. The topological polar surface area (TPSA) is 24.1 Å². The van der Waals surface area contributed by atoms with E-state index in [-0.39, 0.29) is 10.8 Å². The smallest absolute Gasteiger partial charge is 0.141 e. The van der Waals surface area contributed by atoms with Gasteiger partial charge in [-0.2, -0.15) is 0 Å². The summed E-state index contributed by atoms with van der Waals surface area (Å²) in [6.45, 7) is 5.01. The molecule has 1 aromatic rings. The second-order valence-corrected chi connectivity index (χ2v) is 5.13. The number of rotatable bonds is 10. The van der Waals surface area contributed by atoms with E-state index in [0.717, 1.165) is 25.3 Å². The zero-order valence-corrected chi connectivity index (χ0v) is 12.4. The second kappa shape index (κ2) is 10.0. The van der Waals surface area contributed by atoms with Gasteiger partial charge in [0.15, 0.2) is 0 Å². The first-order valence-corrected chi connectivity index (χ1v) is 7.51. The van der Waals surface area contributed by atoms with Gasteiger partial charge in [-0.3, -0.25) is 0 Å². The molecule has 0 amide bonds. The number of unbranched alkanes of at least 4 members (excludes halogenated alkanes) is 4. The van der Waals surface area contributed by atoms with E-state index >= 15 is 0 Å². The molecule has 2 N–H and O–H groups in total. The van der Waals surface area contributed by atoms with Gasteiger partial charge in [0.2, 0.25) is 0 Å². The number of nitrogens with one attached hydrogen (secondary N) is 2. The maximum absolute atomic E-state index is 12.9. The molecule has 0 aliphatic carbocycles. The monoisotopic (exact) mass is 286 g/mol. The Labute approximate surface area is 120 Å². The van der Waals surface area contributed by atoms with Crippen LogP contribution in [0.15, 0.2) is 18.2 Å². The quantitative estimate of drug-likeness (QED) is 0.621. The molecule has 19 heavy (non-hydrogen) atoms. The SMILES string of the molecule is CCCCCCCNCCNc1ccc(F)c(Cl)c1. The van der Waals surface area contributed by atoms with E-state index in [1.807, 2.05) is 0 Å². The zero-order valence-electron chi connectivity index (χ0n) is 11.6. The van der Waals surface area contributed by atoms with Gasteiger partial charge in [-0.15, -0.1) is 0 Å². The molecule has 4 heteroatoms. The average molecular weight is 287 g/mol. The highest BCUT2D eigenvalue weighted by molar-refractivity contribution is 6.31. The summed E-state index contributed by atoms with van der Waals surface area (Å²) in [5, 5.41) is 6.76. The minimum atomic E-state index is -0.377. The third-order valence-corrected chi connectivity index (χ3v) is 3.30. The van der Waals surface area contributed by atoms with Gasteiger partial charge < -0.3 is 10.6 Å². The molecule has 0 saturated heterocycles. The van der Waals surface area contributed by atoms with E-state index in [1.54, 1.807) is 12.1 Å². The molecule has 1 aromatic carbocycles. The van der Waals surface area contributed by atoms with Crippen molar-refractivity contribution in [2.45, 2.75) is 39.0 Å². The third kappa shape index (κ3) is 7.38. The largest absolute Gasteiger partial charge is 0.384 e. The van der Waals surface area contributed by atoms with Gasteiger partial charge in [0.1, 0.15) is 5.82 Å². The standard InChI is InChI=1S/C15H24ClFN2/c1-2-3-4-5-6-9-18-10-11-19-13-7-8-15(17)14(16)12-13/h7-8,12,18-19H,2-6,9-11H2,1H3. The maximum Gasteiger partial charge on any atom is 0.141 e. The molecular formula is C15H24ClFN2. The fourth-order valence-electron chi connectivity index (χ4n) is 1.88. The first-order chi connectivity index (χ1) is 9.24. The Balaban J connectivity index is 2.00. The summed E-state index contributed by atoms with van der Waals surface area (Å²) in [5.74, 6) is -0.377. The lowest BCUT2D eigenvalue weighted by molar-refractivity contribution is 0.589. The summed E-state index contributed by atoms with van der Waals surface area (Å²) >= 11 is 5.71. The molecule has 0 aromatic heterocycles. The van der Waals surface area contributed by atoms with Crippen molar-refractivity contribution in [2.24, 2.45) is 0 Å². The predicted molar refractivity (Wildman–Crippen MR) is 81.5 cm³/mol. The van der Waals surface area contributed by atoms with E-state index in [4.69, 9.17) is 11.6 Å². The van der Waals surface area contributed by atoms with Gasteiger partial charge in [-0.25, -0.2) is 4.39 Å². The second-order valence-electron chi connectivity index (χ2n) is 4.72. The Morgan fingerprint density at radius 3 is 2.58 bits per heavy atom. The number of halogens is 2. The fourth-order valence-corrected chi connectivity index (χ4v) is 2.06. The summed E-state index contributed by atoms with van der Waals surface area (Å²) in [4.78, 5) is 0. The summed E-state index contributed by atoms with van der Waals surface area (Å²) < 4.78 is 12.9. The molecule has 0 aliphatic heterocycles. The number of anilines is 1. The van der Waals surface area contributed by atoms with Crippen LogP contribution in [-0.4, -0.2) is 19.6 Å². The van der Waals surface area contributed by atoms with Crippen LogP contribution in [0.2, 0.25) is 5.02 Å². The molecule has 0 heterocycles. The van der Waals surface area contributed by atoms with E-state index < -0.39 is 0 Å². The van der Waals surface area contributed by atoms with Crippen LogP contribution in [0, 0.1) is 5.82 Å². The summed E-state index contributed by atoms with van der Waals surface area (Å²) in [7, 11) is 0. The molecule has 0 aliphatic rings. The molecular weight excluding hydrogens is 263 g/mol. The first kappa shape index (κ1) is 16.3. The summed E-state index contributed by atoms with van der Waals surface area (Å²) in [5.41, 5.74) is 0.858. The maximum atomic E-state index is 12.9. The molecule has 2 nitrogen and oxygen atoms in total. The molecule has 1 rings (SSSR count). The normalized spacial score (nSPS) is 10.7. The summed E-state index contributed by atoms with van der Waals surface area (Å²) in [6, 6.07) is 4.69. The Morgan fingerprint density at radius 2 is 1.84 bits per heavy atom. The van der Waals surface area contributed by atoms with Crippen molar-refractivity contribution in [3.05, 3.63) is 29.0 Å². The van der Waals surface area contributed by atoms with Crippen molar-refractivity contribution in [1.82, 2.24) is 5.32 Å². The molecule has 0 atom stereocenters. The Hall–Kier alpha value is -0.800. The molecule has 108 valence electrons. The van der Waals surface area contributed by atoms with E-state index in [2.05, 4.69) is 17.6 Å². The minimum Gasteiger partial charge on any atom is -0.384 e. The van der Waals surface area contributed by atoms with E-state index in [9.17, 15) is 4.39 Å². The molecule has 0 bridgehead atoms. The van der Waals surface area contributed by atoms with Crippen LogP contribution in [0.3, 0.4) is 0 Å². The van der Waals surface area contributed by atoms with Crippen molar-refractivity contribution in [1.29, 1.82) is 0 Å². The van der Waals surface area contributed by atoms with Crippen LogP contribution in [0.5, 0.6) is 0 Å². The van der Waals surface area contributed by atoms with E-state index in [1.165, 1.54) is 38.2 Å². The van der Waals surface area contributed by atoms with Crippen LogP contribution in [0.1, 0.15) is 39.0 Å². The minimum absolute atomic E-state index is 0.161. The van der Waals surface area contributed by atoms with Crippen LogP contribution in [0.25, 0.3) is 0 Å².